The Hall–Kier alpha value is -2.61. The van der Waals surface area contributed by atoms with E-state index in [0.29, 0.717) is 54.1 Å². The minimum atomic E-state index is -0.455. The Kier molecular flexibility index (Phi) is 5.94. The number of aromatic nitrogens is 2. The third-order valence-corrected chi connectivity index (χ3v) is 6.12. The molecule has 8 nitrogen and oxygen atoms in total. The Morgan fingerprint density at radius 1 is 1.20 bits per heavy atom. The molecule has 1 unspecified atom stereocenters. The van der Waals surface area contributed by atoms with Gasteiger partial charge in [-0.2, -0.15) is 4.98 Å². The van der Waals surface area contributed by atoms with Gasteiger partial charge in [-0.05, 0) is 50.8 Å². The van der Waals surface area contributed by atoms with Gasteiger partial charge in [0, 0.05) is 30.6 Å². The molecule has 0 radical (unpaired) electrons. The van der Waals surface area contributed by atoms with Crippen LogP contribution in [0.15, 0.2) is 22.7 Å². The van der Waals surface area contributed by atoms with Crippen LogP contribution in [-0.4, -0.2) is 64.5 Å². The molecule has 9 heteroatoms. The number of aryl methyl sites for hydroxylation is 1. The van der Waals surface area contributed by atoms with E-state index in [2.05, 4.69) is 10.1 Å². The van der Waals surface area contributed by atoms with E-state index in [9.17, 15) is 9.59 Å². The lowest BCUT2D eigenvalue weighted by molar-refractivity contribution is -0.136. The largest absolute Gasteiger partial charge is 0.496 e. The normalized spacial score (nSPS) is 19.9. The average molecular weight is 433 g/mol. The SMILES string of the molecule is COc1ccc(Cl)cc1C(=O)N1CCCC1C(=O)N1CCC(c2nc(C)no2)CC1. The van der Waals surface area contributed by atoms with Crippen LogP contribution < -0.4 is 4.74 Å². The number of hydrogen-bond acceptors (Lipinski definition) is 6. The summed E-state index contributed by atoms with van der Waals surface area (Å²) in [5.74, 6) is 1.68. The predicted octanol–water partition coefficient (Wildman–Crippen LogP) is 3.05. The monoisotopic (exact) mass is 432 g/mol. The highest BCUT2D eigenvalue weighted by Crippen LogP contribution is 2.31. The highest BCUT2D eigenvalue weighted by molar-refractivity contribution is 6.31. The Balaban J connectivity index is 1.44. The highest BCUT2D eigenvalue weighted by atomic mass is 35.5. The van der Waals surface area contributed by atoms with E-state index in [4.69, 9.17) is 20.9 Å². The van der Waals surface area contributed by atoms with E-state index in [-0.39, 0.29) is 17.7 Å². The molecule has 0 spiro atoms. The summed E-state index contributed by atoms with van der Waals surface area (Å²) in [6.45, 7) is 3.57. The third kappa shape index (κ3) is 4.01. The number of rotatable bonds is 4. The van der Waals surface area contributed by atoms with Gasteiger partial charge in [-0.3, -0.25) is 9.59 Å². The molecule has 2 saturated heterocycles. The number of likely N-dealkylation sites (tertiary alicyclic amines) is 2. The predicted molar refractivity (Wildman–Crippen MR) is 110 cm³/mol. The van der Waals surface area contributed by atoms with Gasteiger partial charge in [0.15, 0.2) is 5.82 Å². The molecule has 30 heavy (non-hydrogen) atoms. The molecule has 2 aliphatic rings. The molecule has 160 valence electrons. The van der Waals surface area contributed by atoms with Crippen molar-refractivity contribution >= 4 is 23.4 Å². The first-order chi connectivity index (χ1) is 14.5. The summed E-state index contributed by atoms with van der Waals surface area (Å²) in [7, 11) is 1.52. The standard InChI is InChI=1S/C21H25ClN4O4/c1-13-23-19(30-24-13)14-7-10-25(11-8-14)21(28)17-4-3-9-26(17)20(27)16-12-15(22)5-6-18(16)29-2/h5-6,12,14,17H,3-4,7-11H2,1-2H3. The molecule has 4 rings (SSSR count). The Morgan fingerprint density at radius 2 is 1.97 bits per heavy atom. The van der Waals surface area contributed by atoms with Crippen LogP contribution in [0.25, 0.3) is 0 Å². The summed E-state index contributed by atoms with van der Waals surface area (Å²) in [5.41, 5.74) is 0.384. The molecule has 3 heterocycles. The van der Waals surface area contributed by atoms with Gasteiger partial charge >= 0.3 is 0 Å². The topological polar surface area (TPSA) is 88.8 Å². The van der Waals surface area contributed by atoms with Gasteiger partial charge in [-0.1, -0.05) is 16.8 Å². The molecular formula is C21H25ClN4O4. The number of ether oxygens (including phenoxy) is 1. The van der Waals surface area contributed by atoms with Crippen LogP contribution in [0.4, 0.5) is 0 Å². The van der Waals surface area contributed by atoms with E-state index >= 15 is 0 Å². The fourth-order valence-corrected chi connectivity index (χ4v) is 4.48. The number of halogens is 1. The lowest BCUT2D eigenvalue weighted by Crippen LogP contribution is -2.49. The first kappa shape index (κ1) is 20.7. The number of methoxy groups -OCH3 is 1. The first-order valence-corrected chi connectivity index (χ1v) is 10.6. The Bertz CT molecular complexity index is 939. The van der Waals surface area contributed by atoms with Crippen LogP contribution in [0.2, 0.25) is 5.02 Å². The fourth-order valence-electron chi connectivity index (χ4n) is 4.31. The molecule has 2 aliphatic heterocycles. The number of carbonyl (C=O) groups excluding carboxylic acids is 2. The highest BCUT2D eigenvalue weighted by Gasteiger charge is 2.39. The van der Waals surface area contributed by atoms with Gasteiger partial charge in [-0.25, -0.2) is 0 Å². The van der Waals surface area contributed by atoms with Crippen LogP contribution in [0.5, 0.6) is 5.75 Å². The van der Waals surface area contributed by atoms with Crippen molar-refractivity contribution in [1.82, 2.24) is 19.9 Å². The van der Waals surface area contributed by atoms with E-state index in [1.165, 1.54) is 7.11 Å². The maximum Gasteiger partial charge on any atom is 0.258 e. The molecule has 1 aromatic carbocycles. The zero-order valence-electron chi connectivity index (χ0n) is 17.1. The summed E-state index contributed by atoms with van der Waals surface area (Å²) < 4.78 is 10.6. The molecule has 2 aromatic rings. The molecule has 1 atom stereocenters. The number of hydrogen-bond donors (Lipinski definition) is 0. The fraction of sp³-hybridized carbons (Fsp3) is 0.524. The first-order valence-electron chi connectivity index (χ1n) is 10.2. The van der Waals surface area contributed by atoms with Gasteiger partial charge < -0.3 is 19.1 Å². The molecule has 2 amide bonds. The average Bonchev–Trinajstić information content (AvgIpc) is 3.42. The van der Waals surface area contributed by atoms with Gasteiger partial charge in [0.25, 0.3) is 5.91 Å². The molecule has 1 aromatic heterocycles. The summed E-state index contributed by atoms with van der Waals surface area (Å²) in [6.07, 6.45) is 3.01. The van der Waals surface area contributed by atoms with Crippen molar-refractivity contribution in [2.24, 2.45) is 0 Å². The van der Waals surface area contributed by atoms with Gasteiger partial charge in [-0.15, -0.1) is 0 Å². The van der Waals surface area contributed by atoms with Crippen LogP contribution in [0, 0.1) is 6.92 Å². The molecular weight excluding hydrogens is 408 g/mol. The van der Waals surface area contributed by atoms with Crippen molar-refractivity contribution in [1.29, 1.82) is 0 Å². The van der Waals surface area contributed by atoms with E-state index in [0.717, 1.165) is 19.3 Å². The quantitative estimate of drug-likeness (QED) is 0.737. The van der Waals surface area contributed by atoms with E-state index in [1.54, 1.807) is 30.0 Å². The van der Waals surface area contributed by atoms with E-state index < -0.39 is 6.04 Å². The van der Waals surface area contributed by atoms with Crippen LogP contribution in [-0.2, 0) is 4.79 Å². The van der Waals surface area contributed by atoms with Gasteiger partial charge in [0.05, 0.1) is 12.7 Å². The van der Waals surface area contributed by atoms with Crippen molar-refractivity contribution in [2.75, 3.05) is 26.7 Å². The maximum atomic E-state index is 13.2. The second-order valence-corrected chi connectivity index (χ2v) is 8.22. The van der Waals surface area contributed by atoms with Gasteiger partial charge in [0.1, 0.15) is 11.8 Å². The maximum absolute atomic E-state index is 13.2. The minimum Gasteiger partial charge on any atom is -0.496 e. The second kappa shape index (κ2) is 8.63. The van der Waals surface area contributed by atoms with Crippen molar-refractivity contribution in [2.45, 2.75) is 44.6 Å². The van der Waals surface area contributed by atoms with Crippen LogP contribution in [0.3, 0.4) is 0 Å². The van der Waals surface area contributed by atoms with Crippen molar-refractivity contribution < 1.29 is 18.8 Å². The zero-order valence-corrected chi connectivity index (χ0v) is 17.9. The molecule has 0 saturated carbocycles. The number of carbonyl (C=O) groups is 2. The number of nitrogens with zero attached hydrogens (tertiary/aromatic N) is 4. The van der Waals surface area contributed by atoms with E-state index in [1.807, 2.05) is 4.90 Å². The lowest BCUT2D eigenvalue weighted by Gasteiger charge is -2.34. The minimum absolute atomic E-state index is 0.00186. The molecule has 0 bridgehead atoms. The van der Waals surface area contributed by atoms with Gasteiger partial charge in [0.2, 0.25) is 11.8 Å². The Labute approximate surface area is 180 Å². The summed E-state index contributed by atoms with van der Waals surface area (Å²) in [5, 5.41) is 4.31. The summed E-state index contributed by atoms with van der Waals surface area (Å²) >= 11 is 6.09. The zero-order chi connectivity index (χ0) is 21.3. The second-order valence-electron chi connectivity index (χ2n) is 7.78. The molecule has 0 aliphatic carbocycles. The third-order valence-electron chi connectivity index (χ3n) is 5.89. The molecule has 0 N–H and O–H groups in total. The summed E-state index contributed by atoms with van der Waals surface area (Å²) in [6, 6.07) is 4.49. The number of benzene rings is 1. The molecule has 2 fully saturated rings. The smallest absolute Gasteiger partial charge is 0.258 e. The summed E-state index contributed by atoms with van der Waals surface area (Å²) in [4.78, 5) is 34.3. The lowest BCUT2D eigenvalue weighted by atomic mass is 9.96. The van der Waals surface area contributed by atoms with Crippen molar-refractivity contribution in [3.8, 4) is 5.75 Å². The Morgan fingerprint density at radius 3 is 2.63 bits per heavy atom. The van der Waals surface area contributed by atoms with Crippen molar-refractivity contribution in [3.05, 3.63) is 40.5 Å². The van der Waals surface area contributed by atoms with Crippen LogP contribution in [0.1, 0.15) is 53.7 Å². The number of piperidine rings is 1. The van der Waals surface area contributed by atoms with Crippen molar-refractivity contribution in [3.63, 3.8) is 0 Å². The number of amides is 2. The van der Waals surface area contributed by atoms with Crippen LogP contribution >= 0.6 is 11.6 Å².